The molecule has 0 saturated carbocycles. The van der Waals surface area contributed by atoms with E-state index >= 15 is 0 Å². The van der Waals surface area contributed by atoms with Crippen LogP contribution < -0.4 is 4.74 Å². The van der Waals surface area contributed by atoms with Gasteiger partial charge in [-0.25, -0.2) is 0 Å². The molecule has 0 amide bonds. The molecule has 0 unspecified atom stereocenters. The van der Waals surface area contributed by atoms with Crippen LogP contribution in [0.3, 0.4) is 0 Å². The summed E-state index contributed by atoms with van der Waals surface area (Å²) in [5.41, 5.74) is 0. The van der Waals surface area contributed by atoms with E-state index in [1.165, 1.54) is 12.1 Å². The number of Topliss-reactive ketones (excluding diaryl/α,β-unsaturated/α-hetero) is 1. The SMILES string of the molecule is O=C1C=C(Cl)C(=O)C(Oc2c(Cl)cc(Cl)cc2Cl)=C1. The molecule has 98 valence electrons. The van der Waals surface area contributed by atoms with E-state index in [1.807, 2.05) is 0 Å². The first-order valence-corrected chi connectivity index (χ1v) is 6.39. The highest BCUT2D eigenvalue weighted by atomic mass is 35.5. The molecule has 0 aromatic heterocycles. The van der Waals surface area contributed by atoms with Crippen LogP contribution >= 0.6 is 46.4 Å². The van der Waals surface area contributed by atoms with Gasteiger partial charge in [0.25, 0.3) is 0 Å². The van der Waals surface area contributed by atoms with Gasteiger partial charge in [0.1, 0.15) is 0 Å². The van der Waals surface area contributed by atoms with Crippen LogP contribution in [0.5, 0.6) is 5.75 Å². The number of hydrogen-bond acceptors (Lipinski definition) is 3. The number of hydrogen-bond donors (Lipinski definition) is 0. The predicted molar refractivity (Wildman–Crippen MR) is 74.1 cm³/mol. The van der Waals surface area contributed by atoms with Crippen LogP contribution in [0.1, 0.15) is 0 Å². The maximum atomic E-state index is 11.7. The molecule has 1 aromatic carbocycles. The van der Waals surface area contributed by atoms with Crippen molar-refractivity contribution in [3.63, 3.8) is 0 Å². The number of ether oxygens (including phenoxy) is 1. The molecule has 1 aliphatic carbocycles. The summed E-state index contributed by atoms with van der Waals surface area (Å²) in [5.74, 6) is -1.29. The van der Waals surface area contributed by atoms with Crippen molar-refractivity contribution in [1.29, 1.82) is 0 Å². The van der Waals surface area contributed by atoms with Gasteiger partial charge in [-0.1, -0.05) is 46.4 Å². The Morgan fingerprint density at radius 3 is 2.05 bits per heavy atom. The van der Waals surface area contributed by atoms with Gasteiger partial charge in [0.15, 0.2) is 17.3 Å². The van der Waals surface area contributed by atoms with Crippen LogP contribution in [0.4, 0.5) is 0 Å². The molecule has 0 heterocycles. The van der Waals surface area contributed by atoms with Gasteiger partial charge in [0.2, 0.25) is 5.78 Å². The van der Waals surface area contributed by atoms with E-state index in [0.29, 0.717) is 5.02 Å². The largest absolute Gasteiger partial charge is 0.450 e. The predicted octanol–water partition coefficient (Wildman–Crippen LogP) is 4.18. The lowest BCUT2D eigenvalue weighted by Gasteiger charge is -2.13. The summed E-state index contributed by atoms with van der Waals surface area (Å²) in [6, 6.07) is 2.80. The van der Waals surface area contributed by atoms with Gasteiger partial charge < -0.3 is 4.74 Å². The molecular formula is C12H4Cl4O3. The van der Waals surface area contributed by atoms with Crippen molar-refractivity contribution < 1.29 is 14.3 Å². The molecule has 0 aliphatic heterocycles. The lowest BCUT2D eigenvalue weighted by molar-refractivity contribution is -0.116. The minimum Gasteiger partial charge on any atom is -0.450 e. The van der Waals surface area contributed by atoms with Crippen molar-refractivity contribution >= 4 is 58.0 Å². The standard InChI is InChI=1S/C12H4Cl4O3/c13-5-1-8(15)12(9(16)2-5)19-10-4-6(17)3-7(14)11(10)18/h1-4H. The van der Waals surface area contributed by atoms with E-state index in [4.69, 9.17) is 51.1 Å². The zero-order chi connectivity index (χ0) is 14.2. The molecule has 3 nitrogen and oxygen atoms in total. The van der Waals surface area contributed by atoms with Crippen molar-refractivity contribution in [2.75, 3.05) is 0 Å². The van der Waals surface area contributed by atoms with Crippen LogP contribution in [-0.2, 0) is 9.59 Å². The second kappa shape index (κ2) is 5.55. The van der Waals surface area contributed by atoms with E-state index in [-0.39, 0.29) is 26.6 Å². The van der Waals surface area contributed by atoms with Crippen molar-refractivity contribution in [2.24, 2.45) is 0 Å². The first-order valence-electron chi connectivity index (χ1n) is 4.88. The van der Waals surface area contributed by atoms with Gasteiger partial charge in [0.05, 0.1) is 15.1 Å². The Morgan fingerprint density at radius 1 is 0.895 bits per heavy atom. The molecule has 0 fully saturated rings. The molecule has 2 rings (SSSR count). The highest BCUT2D eigenvalue weighted by Crippen LogP contribution is 2.37. The van der Waals surface area contributed by atoms with Crippen molar-refractivity contribution in [3.8, 4) is 5.75 Å². The lowest BCUT2D eigenvalue weighted by atomic mass is 10.1. The number of ketones is 2. The van der Waals surface area contributed by atoms with Crippen LogP contribution in [0.2, 0.25) is 15.1 Å². The third-order valence-electron chi connectivity index (χ3n) is 2.16. The summed E-state index contributed by atoms with van der Waals surface area (Å²) in [5, 5.41) is 0.317. The van der Waals surface area contributed by atoms with Crippen molar-refractivity contribution in [2.45, 2.75) is 0 Å². The van der Waals surface area contributed by atoms with Crippen molar-refractivity contribution in [3.05, 3.63) is 50.1 Å². The van der Waals surface area contributed by atoms with Crippen LogP contribution in [0.15, 0.2) is 35.1 Å². The van der Waals surface area contributed by atoms with Crippen LogP contribution in [0, 0.1) is 0 Å². The normalized spacial score (nSPS) is 15.2. The molecule has 0 N–H and O–H groups in total. The topological polar surface area (TPSA) is 43.4 Å². The van der Waals surface area contributed by atoms with Gasteiger partial charge in [-0.2, -0.15) is 0 Å². The molecular weight excluding hydrogens is 334 g/mol. The summed E-state index contributed by atoms with van der Waals surface area (Å²) >= 11 is 23.2. The first-order chi connectivity index (χ1) is 8.88. The molecule has 1 aromatic rings. The quantitative estimate of drug-likeness (QED) is 0.760. The maximum Gasteiger partial charge on any atom is 0.239 e. The minimum absolute atomic E-state index is 0.0338. The maximum absolute atomic E-state index is 11.7. The smallest absolute Gasteiger partial charge is 0.239 e. The number of rotatable bonds is 2. The van der Waals surface area contributed by atoms with Gasteiger partial charge >= 0.3 is 0 Å². The Kier molecular flexibility index (Phi) is 4.21. The monoisotopic (exact) mass is 336 g/mol. The summed E-state index contributed by atoms with van der Waals surface area (Å²) in [6.07, 6.45) is 2.01. The molecule has 0 atom stereocenters. The van der Waals surface area contributed by atoms with Crippen molar-refractivity contribution in [1.82, 2.24) is 0 Å². The molecule has 0 radical (unpaired) electrons. The molecule has 0 spiro atoms. The molecule has 19 heavy (non-hydrogen) atoms. The third kappa shape index (κ3) is 3.12. The Labute approximate surface area is 128 Å². The molecule has 1 aliphatic rings. The second-order valence-electron chi connectivity index (χ2n) is 3.53. The third-order valence-corrected chi connectivity index (χ3v) is 3.22. The van der Waals surface area contributed by atoms with Gasteiger partial charge in [0, 0.05) is 17.2 Å². The number of carbonyl (C=O) groups excluding carboxylic acids is 2. The average molecular weight is 338 g/mol. The highest BCUT2D eigenvalue weighted by molar-refractivity contribution is 6.48. The summed E-state index contributed by atoms with van der Waals surface area (Å²) in [4.78, 5) is 23.0. The average Bonchev–Trinajstić information content (AvgIpc) is 2.29. The highest BCUT2D eigenvalue weighted by Gasteiger charge is 2.24. The lowest BCUT2D eigenvalue weighted by Crippen LogP contribution is -2.16. The second-order valence-corrected chi connectivity index (χ2v) is 5.19. The zero-order valence-electron chi connectivity index (χ0n) is 9.05. The first kappa shape index (κ1) is 14.4. The van der Waals surface area contributed by atoms with E-state index in [0.717, 1.165) is 12.2 Å². The zero-order valence-corrected chi connectivity index (χ0v) is 12.1. The molecule has 0 bridgehead atoms. The van der Waals surface area contributed by atoms with Gasteiger partial charge in [-0.3, -0.25) is 9.59 Å². The number of allylic oxidation sites excluding steroid dienone is 3. The fraction of sp³-hybridized carbons (Fsp3) is 0. The van der Waals surface area contributed by atoms with Gasteiger partial charge in [-0.15, -0.1) is 0 Å². The summed E-state index contributed by atoms with van der Waals surface area (Å²) < 4.78 is 5.27. The Balaban J connectivity index is 2.37. The number of halogens is 4. The van der Waals surface area contributed by atoms with Crippen LogP contribution in [0.25, 0.3) is 0 Å². The van der Waals surface area contributed by atoms with Crippen LogP contribution in [-0.4, -0.2) is 11.6 Å². The van der Waals surface area contributed by atoms with E-state index < -0.39 is 11.6 Å². The Bertz CT molecular complexity index is 623. The molecule has 7 heteroatoms. The molecule has 0 saturated heterocycles. The Morgan fingerprint density at radius 2 is 1.47 bits per heavy atom. The van der Waals surface area contributed by atoms with Gasteiger partial charge in [-0.05, 0) is 12.1 Å². The number of benzene rings is 1. The Hall–Kier alpha value is -1.000. The summed E-state index contributed by atoms with van der Waals surface area (Å²) in [7, 11) is 0. The van der Waals surface area contributed by atoms with E-state index in [1.54, 1.807) is 0 Å². The van der Waals surface area contributed by atoms with E-state index in [9.17, 15) is 9.59 Å². The fourth-order valence-corrected chi connectivity index (χ4v) is 2.45. The van der Waals surface area contributed by atoms with E-state index in [2.05, 4.69) is 0 Å². The minimum atomic E-state index is -0.622. The number of carbonyl (C=O) groups is 2. The fourth-order valence-electron chi connectivity index (χ4n) is 1.36. The summed E-state index contributed by atoms with van der Waals surface area (Å²) in [6.45, 7) is 0.